The van der Waals surface area contributed by atoms with E-state index in [1.54, 1.807) is 0 Å². The molecule has 96 valence electrons. The van der Waals surface area contributed by atoms with Gasteiger partial charge in [0.05, 0.1) is 12.2 Å². The number of carbonyl (C=O) groups excluding carboxylic acids is 1. The van der Waals surface area contributed by atoms with Crippen LogP contribution < -0.4 is 0 Å². The van der Waals surface area contributed by atoms with Crippen LogP contribution in [0.3, 0.4) is 0 Å². The normalized spacial score (nSPS) is 39.6. The smallest absolute Gasteiger partial charge is 0.410 e. The lowest BCUT2D eigenvalue weighted by Crippen LogP contribution is -2.50. The zero-order valence-electron chi connectivity index (χ0n) is 10.9. The zero-order valence-corrected chi connectivity index (χ0v) is 10.9. The number of hydrogen-bond donors (Lipinski definition) is 0. The van der Waals surface area contributed by atoms with Crippen LogP contribution in [0.25, 0.3) is 0 Å². The van der Waals surface area contributed by atoms with Gasteiger partial charge in [-0.15, -0.1) is 0 Å². The van der Waals surface area contributed by atoms with Crippen LogP contribution in [0.2, 0.25) is 0 Å². The summed E-state index contributed by atoms with van der Waals surface area (Å²) in [6, 6.07) is 0. The van der Waals surface area contributed by atoms with Crippen molar-refractivity contribution < 1.29 is 14.3 Å². The Balaban J connectivity index is 1.63. The van der Waals surface area contributed by atoms with Crippen molar-refractivity contribution in [2.24, 2.45) is 5.41 Å². The molecule has 17 heavy (non-hydrogen) atoms. The Morgan fingerprint density at radius 1 is 1.29 bits per heavy atom. The lowest BCUT2D eigenvalue weighted by molar-refractivity contribution is -0.00691. The molecule has 2 spiro atoms. The summed E-state index contributed by atoms with van der Waals surface area (Å²) in [7, 11) is 0. The van der Waals surface area contributed by atoms with E-state index < -0.39 is 5.60 Å². The van der Waals surface area contributed by atoms with Gasteiger partial charge in [-0.3, -0.25) is 0 Å². The van der Waals surface area contributed by atoms with Crippen LogP contribution in [0.1, 0.15) is 40.0 Å². The molecule has 2 atom stereocenters. The van der Waals surface area contributed by atoms with Gasteiger partial charge in [0.2, 0.25) is 0 Å². The van der Waals surface area contributed by atoms with Gasteiger partial charge in [0, 0.05) is 18.5 Å². The van der Waals surface area contributed by atoms with Gasteiger partial charge in [-0.2, -0.15) is 0 Å². The lowest BCUT2D eigenvalue weighted by Gasteiger charge is -2.45. The van der Waals surface area contributed by atoms with Gasteiger partial charge in [-0.1, -0.05) is 0 Å². The van der Waals surface area contributed by atoms with Gasteiger partial charge in [-0.05, 0) is 40.0 Å². The van der Waals surface area contributed by atoms with Crippen molar-refractivity contribution in [1.29, 1.82) is 0 Å². The zero-order chi connectivity index (χ0) is 12.3. The van der Waals surface area contributed by atoms with Gasteiger partial charge in [0.25, 0.3) is 0 Å². The molecule has 2 saturated heterocycles. The summed E-state index contributed by atoms with van der Waals surface area (Å²) in [6.07, 6.45) is 3.28. The van der Waals surface area contributed by atoms with E-state index in [2.05, 4.69) is 0 Å². The highest BCUT2D eigenvalue weighted by atomic mass is 16.6. The summed E-state index contributed by atoms with van der Waals surface area (Å²) in [4.78, 5) is 13.8. The van der Waals surface area contributed by atoms with Crippen molar-refractivity contribution >= 4 is 6.09 Å². The third kappa shape index (κ3) is 1.65. The average Bonchev–Trinajstić information content (AvgIpc) is 2.89. The maximum absolute atomic E-state index is 12.0. The first-order valence-corrected chi connectivity index (χ1v) is 6.48. The highest BCUT2D eigenvalue weighted by Crippen LogP contribution is 2.63. The largest absolute Gasteiger partial charge is 0.444 e. The number of fused-ring (bicyclic) bond motifs is 1. The second-order valence-corrected chi connectivity index (χ2v) is 6.72. The van der Waals surface area contributed by atoms with Crippen molar-refractivity contribution in [3.05, 3.63) is 0 Å². The molecule has 0 aromatic rings. The molecule has 4 heteroatoms. The molecule has 0 N–H and O–H groups in total. The Labute approximate surface area is 102 Å². The predicted octanol–water partition coefficient (Wildman–Crippen LogP) is 2.18. The molecular weight excluding hydrogens is 218 g/mol. The number of epoxide rings is 1. The molecule has 0 aromatic carbocycles. The molecular formula is C13H21NO3. The van der Waals surface area contributed by atoms with Crippen LogP contribution in [0.5, 0.6) is 0 Å². The molecule has 0 aromatic heterocycles. The van der Waals surface area contributed by atoms with E-state index >= 15 is 0 Å². The van der Waals surface area contributed by atoms with Crippen LogP contribution in [0.4, 0.5) is 4.79 Å². The minimum atomic E-state index is -0.403. The molecule has 0 bridgehead atoms. The van der Waals surface area contributed by atoms with E-state index in [9.17, 15) is 4.79 Å². The Morgan fingerprint density at radius 3 is 2.47 bits per heavy atom. The van der Waals surface area contributed by atoms with E-state index in [1.807, 2.05) is 25.7 Å². The molecule has 3 fully saturated rings. The summed E-state index contributed by atoms with van der Waals surface area (Å²) < 4.78 is 11.0. The Kier molecular flexibility index (Phi) is 2.11. The predicted molar refractivity (Wildman–Crippen MR) is 62.8 cm³/mol. The van der Waals surface area contributed by atoms with Gasteiger partial charge >= 0.3 is 6.09 Å². The van der Waals surface area contributed by atoms with Crippen molar-refractivity contribution in [3.63, 3.8) is 0 Å². The highest BCUT2D eigenvalue weighted by molar-refractivity contribution is 5.68. The molecule has 1 aliphatic carbocycles. The minimum Gasteiger partial charge on any atom is -0.444 e. The third-order valence-electron chi connectivity index (χ3n) is 4.47. The Morgan fingerprint density at radius 2 is 2.00 bits per heavy atom. The monoisotopic (exact) mass is 239 g/mol. The van der Waals surface area contributed by atoms with Crippen molar-refractivity contribution in [1.82, 2.24) is 4.90 Å². The number of ether oxygens (including phenoxy) is 2. The third-order valence-corrected chi connectivity index (χ3v) is 4.47. The fraction of sp³-hybridized carbons (Fsp3) is 0.923. The minimum absolute atomic E-state index is 0.143. The first-order valence-electron chi connectivity index (χ1n) is 6.48. The average molecular weight is 239 g/mol. The van der Waals surface area contributed by atoms with E-state index in [1.165, 1.54) is 12.8 Å². The number of likely N-dealkylation sites (tertiary alicyclic amines) is 1. The molecule has 1 unspecified atom stereocenters. The van der Waals surface area contributed by atoms with Crippen LogP contribution in [0.15, 0.2) is 0 Å². The molecule has 1 saturated carbocycles. The second kappa shape index (κ2) is 3.16. The van der Waals surface area contributed by atoms with E-state index in [0.29, 0.717) is 0 Å². The van der Waals surface area contributed by atoms with Gasteiger partial charge in [0.15, 0.2) is 0 Å². The summed E-state index contributed by atoms with van der Waals surface area (Å²) in [5, 5.41) is 0. The van der Waals surface area contributed by atoms with Gasteiger partial charge < -0.3 is 14.4 Å². The topological polar surface area (TPSA) is 42.1 Å². The molecule has 3 aliphatic rings. The van der Waals surface area contributed by atoms with Crippen molar-refractivity contribution in [2.45, 2.75) is 51.2 Å². The molecule has 2 heterocycles. The number of nitrogens with zero attached hydrogens (tertiary/aromatic N) is 1. The molecule has 0 radical (unpaired) electrons. The fourth-order valence-corrected chi connectivity index (χ4v) is 3.23. The van der Waals surface area contributed by atoms with E-state index in [0.717, 1.165) is 26.1 Å². The van der Waals surface area contributed by atoms with Crippen LogP contribution in [-0.2, 0) is 9.47 Å². The standard InChI is InChI=1S/C13H21NO3/c1-11(2,3)17-10(15)14-7-6-12(8-14)4-5-13(12)9-16-13/h4-9H2,1-3H3/t12-,13?/m0/s1. The lowest BCUT2D eigenvalue weighted by atomic mass is 9.59. The van der Waals surface area contributed by atoms with Crippen molar-refractivity contribution in [3.8, 4) is 0 Å². The Hall–Kier alpha value is -0.770. The first kappa shape index (κ1) is 11.3. The molecule has 1 amide bonds. The van der Waals surface area contributed by atoms with Crippen LogP contribution in [0, 0.1) is 5.41 Å². The number of rotatable bonds is 0. The summed E-state index contributed by atoms with van der Waals surface area (Å²) in [5.74, 6) is 0. The van der Waals surface area contributed by atoms with Crippen LogP contribution in [-0.4, -0.2) is 41.9 Å². The first-order chi connectivity index (χ1) is 7.86. The molecule has 4 nitrogen and oxygen atoms in total. The molecule has 3 rings (SSSR count). The maximum Gasteiger partial charge on any atom is 0.410 e. The number of carbonyl (C=O) groups is 1. The maximum atomic E-state index is 12.0. The van der Waals surface area contributed by atoms with Gasteiger partial charge in [-0.25, -0.2) is 4.79 Å². The summed E-state index contributed by atoms with van der Waals surface area (Å²) in [6.45, 7) is 8.26. The van der Waals surface area contributed by atoms with Crippen molar-refractivity contribution in [2.75, 3.05) is 19.7 Å². The second-order valence-electron chi connectivity index (χ2n) is 6.72. The highest BCUT2D eigenvalue weighted by Gasteiger charge is 2.69. The number of amides is 1. The van der Waals surface area contributed by atoms with Gasteiger partial charge in [0.1, 0.15) is 5.60 Å². The fourth-order valence-electron chi connectivity index (χ4n) is 3.23. The summed E-state index contributed by atoms with van der Waals surface area (Å²) in [5.41, 5.74) is -0.00607. The van der Waals surface area contributed by atoms with E-state index in [4.69, 9.17) is 9.47 Å². The SMILES string of the molecule is CC(C)(C)OC(=O)N1CC[C@@]2(CCC23CO3)C1. The quantitative estimate of drug-likeness (QED) is 0.608. The number of hydrogen-bond acceptors (Lipinski definition) is 3. The summed E-state index contributed by atoms with van der Waals surface area (Å²) >= 11 is 0. The molecule has 2 aliphatic heterocycles. The Bertz CT molecular complexity index is 356. The van der Waals surface area contributed by atoms with E-state index in [-0.39, 0.29) is 17.1 Å². The van der Waals surface area contributed by atoms with Crippen LogP contribution >= 0.6 is 0 Å².